The molecule has 134 valence electrons. The number of para-hydroxylation sites is 1. The molecule has 1 aromatic rings. The predicted octanol–water partition coefficient (Wildman–Crippen LogP) is 1.06. The third-order valence-corrected chi connectivity index (χ3v) is 8.22. The molecule has 1 aliphatic carbocycles. The summed E-state index contributed by atoms with van der Waals surface area (Å²) in [6.07, 6.45) is 3.19. The zero-order valence-corrected chi connectivity index (χ0v) is 14.5. The number of benzene rings is 1. The molecule has 7 atom stereocenters. The smallest absolute Gasteiger partial charge is 0.229 e. The number of anilines is 1. The number of hydrogen-bond donors (Lipinski definition) is 1. The van der Waals surface area contributed by atoms with Crippen LogP contribution in [0.2, 0.25) is 0 Å². The van der Waals surface area contributed by atoms with Crippen LogP contribution in [-0.2, 0) is 14.9 Å². The molecule has 1 amide bonds. The topological polar surface area (TPSA) is 53.0 Å². The van der Waals surface area contributed by atoms with E-state index >= 15 is 0 Å². The van der Waals surface area contributed by atoms with Gasteiger partial charge in [-0.25, -0.2) is 0 Å². The zero-order valence-electron chi connectivity index (χ0n) is 14.5. The van der Waals surface area contributed by atoms with Gasteiger partial charge >= 0.3 is 0 Å². The largest absolute Gasteiger partial charge is 0.391 e. The van der Waals surface area contributed by atoms with Gasteiger partial charge in [0, 0.05) is 35.5 Å². The van der Waals surface area contributed by atoms with Gasteiger partial charge in [-0.2, -0.15) is 0 Å². The van der Waals surface area contributed by atoms with E-state index in [4.69, 9.17) is 4.74 Å². The van der Waals surface area contributed by atoms with Crippen LogP contribution in [0.1, 0.15) is 18.4 Å². The molecule has 1 spiro atoms. The summed E-state index contributed by atoms with van der Waals surface area (Å²) in [7, 11) is 0. The first-order valence-electron chi connectivity index (χ1n) is 9.86. The molecule has 5 heterocycles. The monoisotopic (exact) mass is 350 g/mol. The predicted molar refractivity (Wildman–Crippen MR) is 94.8 cm³/mol. The van der Waals surface area contributed by atoms with Crippen LogP contribution < -0.4 is 4.90 Å². The summed E-state index contributed by atoms with van der Waals surface area (Å²) in [4.78, 5) is 17.8. The fourth-order valence-corrected chi connectivity index (χ4v) is 7.60. The van der Waals surface area contributed by atoms with Crippen molar-refractivity contribution in [3.05, 3.63) is 41.5 Å². The number of fused-ring (bicyclic) bond motifs is 2. The maximum Gasteiger partial charge on any atom is 0.229 e. The Balaban J connectivity index is 1.57. The minimum absolute atomic E-state index is 0.0727. The van der Waals surface area contributed by atoms with E-state index in [0.717, 1.165) is 25.2 Å². The second kappa shape index (κ2) is 4.41. The summed E-state index contributed by atoms with van der Waals surface area (Å²) >= 11 is 0. The van der Waals surface area contributed by atoms with Gasteiger partial charge in [0.15, 0.2) is 0 Å². The molecule has 2 bridgehead atoms. The van der Waals surface area contributed by atoms with Crippen molar-refractivity contribution in [3.63, 3.8) is 0 Å². The lowest BCUT2D eigenvalue weighted by Crippen LogP contribution is -2.73. The number of hydrogen-bond acceptors (Lipinski definition) is 4. The molecule has 6 aliphatic rings. The number of rotatable bonds is 0. The summed E-state index contributed by atoms with van der Waals surface area (Å²) in [5.41, 5.74) is 3.55. The average Bonchev–Trinajstić information content (AvgIpc) is 3.10. The van der Waals surface area contributed by atoms with Gasteiger partial charge in [-0.15, -0.1) is 0 Å². The molecule has 7 rings (SSSR count). The van der Waals surface area contributed by atoms with Crippen molar-refractivity contribution in [1.82, 2.24) is 4.90 Å². The van der Waals surface area contributed by atoms with Crippen LogP contribution in [0.5, 0.6) is 0 Å². The fraction of sp³-hybridized carbons (Fsp3) is 0.571. The van der Waals surface area contributed by atoms with Crippen molar-refractivity contribution in [3.8, 4) is 0 Å². The third kappa shape index (κ3) is 1.33. The number of nitrogens with zero attached hydrogens (tertiary/aromatic N) is 2. The van der Waals surface area contributed by atoms with Gasteiger partial charge in [0.05, 0.1) is 31.3 Å². The van der Waals surface area contributed by atoms with Crippen molar-refractivity contribution in [2.45, 2.75) is 42.5 Å². The summed E-state index contributed by atoms with van der Waals surface area (Å²) < 4.78 is 6.19. The lowest BCUT2D eigenvalue weighted by Gasteiger charge is -2.60. The van der Waals surface area contributed by atoms with Crippen LogP contribution >= 0.6 is 0 Å². The average molecular weight is 350 g/mol. The first-order chi connectivity index (χ1) is 12.7. The Morgan fingerprint density at radius 2 is 2.12 bits per heavy atom. The standard InChI is InChI=1S/C21H22N2O3/c24-15-9-14-17-16-11(5-8-26-14)10-22-7-6-21(20(22)18(16)25)12-3-1-2-4-13(12)23(15)19(17)21/h1-5,14,16-20,25H,6-10H2/t14?,16-,17+,18?,19?,20+,21+/m0/s1. The first-order valence-corrected chi connectivity index (χ1v) is 9.86. The second-order valence-electron chi connectivity index (χ2n) is 8.88. The third-order valence-electron chi connectivity index (χ3n) is 8.22. The second-order valence-corrected chi connectivity index (χ2v) is 8.88. The van der Waals surface area contributed by atoms with Gasteiger partial charge in [0.2, 0.25) is 5.91 Å². The summed E-state index contributed by atoms with van der Waals surface area (Å²) in [5, 5.41) is 11.5. The molecule has 5 heteroatoms. The highest BCUT2D eigenvalue weighted by molar-refractivity contribution is 5.99. The summed E-state index contributed by atoms with van der Waals surface area (Å²) in [6, 6.07) is 8.67. The number of carbonyl (C=O) groups is 1. The van der Waals surface area contributed by atoms with Crippen molar-refractivity contribution in [2.24, 2.45) is 11.8 Å². The molecule has 5 nitrogen and oxygen atoms in total. The van der Waals surface area contributed by atoms with Gasteiger partial charge in [-0.05, 0) is 24.6 Å². The van der Waals surface area contributed by atoms with Crippen LogP contribution in [0.3, 0.4) is 0 Å². The molecular weight excluding hydrogens is 328 g/mol. The number of aliphatic hydroxyl groups excluding tert-OH is 1. The number of amides is 1. The molecule has 3 unspecified atom stereocenters. The lowest BCUT2D eigenvalue weighted by molar-refractivity contribution is -0.143. The van der Waals surface area contributed by atoms with Crippen molar-refractivity contribution in [2.75, 3.05) is 24.6 Å². The summed E-state index contributed by atoms with van der Waals surface area (Å²) in [6.45, 7) is 2.51. The molecular formula is C21H22N2O3. The lowest BCUT2D eigenvalue weighted by atomic mass is 9.52. The van der Waals surface area contributed by atoms with Crippen LogP contribution in [0.15, 0.2) is 35.9 Å². The Morgan fingerprint density at radius 3 is 3.04 bits per heavy atom. The van der Waals surface area contributed by atoms with E-state index in [-0.39, 0.29) is 47.4 Å². The number of carbonyl (C=O) groups excluding carboxylic acids is 1. The van der Waals surface area contributed by atoms with E-state index < -0.39 is 0 Å². The highest BCUT2D eigenvalue weighted by Gasteiger charge is 2.73. The Hall–Kier alpha value is -1.69. The van der Waals surface area contributed by atoms with Crippen molar-refractivity contribution in [1.29, 1.82) is 0 Å². The van der Waals surface area contributed by atoms with E-state index in [0.29, 0.717) is 13.0 Å². The van der Waals surface area contributed by atoms with Crippen LogP contribution in [0.4, 0.5) is 5.69 Å². The maximum atomic E-state index is 13.2. The number of ether oxygens (including phenoxy) is 1. The van der Waals surface area contributed by atoms with Gasteiger partial charge in [0.1, 0.15) is 0 Å². The van der Waals surface area contributed by atoms with E-state index in [1.165, 1.54) is 11.1 Å². The van der Waals surface area contributed by atoms with Crippen LogP contribution in [0.25, 0.3) is 0 Å². The Labute approximate surface area is 152 Å². The molecule has 5 aliphatic heterocycles. The minimum atomic E-state index is -0.371. The molecule has 1 aromatic carbocycles. The van der Waals surface area contributed by atoms with Gasteiger partial charge < -0.3 is 14.7 Å². The minimum Gasteiger partial charge on any atom is -0.391 e. The number of piperidine rings is 2. The Kier molecular flexibility index (Phi) is 2.44. The van der Waals surface area contributed by atoms with E-state index in [1.54, 1.807) is 0 Å². The molecule has 26 heavy (non-hydrogen) atoms. The van der Waals surface area contributed by atoms with Gasteiger partial charge in [0.25, 0.3) is 0 Å². The van der Waals surface area contributed by atoms with E-state index in [1.807, 2.05) is 6.07 Å². The molecule has 4 fully saturated rings. The van der Waals surface area contributed by atoms with Crippen LogP contribution in [-0.4, -0.2) is 59.9 Å². The first kappa shape index (κ1) is 14.4. The van der Waals surface area contributed by atoms with Gasteiger partial charge in [-0.1, -0.05) is 29.8 Å². The van der Waals surface area contributed by atoms with Crippen LogP contribution in [0, 0.1) is 11.8 Å². The summed E-state index contributed by atoms with van der Waals surface area (Å²) in [5.74, 6) is 0.516. The van der Waals surface area contributed by atoms with Crippen molar-refractivity contribution < 1.29 is 14.6 Å². The van der Waals surface area contributed by atoms with Crippen molar-refractivity contribution >= 4 is 11.6 Å². The quantitative estimate of drug-likeness (QED) is 0.711. The maximum absolute atomic E-state index is 13.2. The number of aliphatic hydroxyl groups is 1. The Morgan fingerprint density at radius 1 is 1.23 bits per heavy atom. The Bertz CT molecular complexity index is 882. The molecule has 1 saturated carbocycles. The van der Waals surface area contributed by atoms with E-state index in [2.05, 4.69) is 34.1 Å². The molecule has 3 saturated heterocycles. The van der Waals surface area contributed by atoms with E-state index in [9.17, 15) is 9.90 Å². The highest BCUT2D eigenvalue weighted by Crippen LogP contribution is 2.65. The molecule has 0 aromatic heterocycles. The van der Waals surface area contributed by atoms with Gasteiger partial charge in [-0.3, -0.25) is 9.69 Å². The SMILES string of the molecule is O=C1CC2OCC=C3CN4CC[C@@]56c7ccccc7N1C5[C@H]2[C@H]3C(O)[C@@H]46. The molecule has 1 N–H and O–H groups in total. The fourth-order valence-electron chi connectivity index (χ4n) is 7.60. The highest BCUT2D eigenvalue weighted by atomic mass is 16.5. The molecule has 0 radical (unpaired) electrons. The normalized spacial score (nSPS) is 47.5. The zero-order chi connectivity index (χ0) is 17.2.